The molecule has 0 amide bonds. The molecule has 6 nitrogen and oxygen atoms in total. The quantitative estimate of drug-likeness (QED) is 0.385. The molecule has 156 valence electrons. The largest absolute Gasteiger partial charge is 0.377 e. The van der Waals surface area contributed by atoms with Crippen molar-refractivity contribution in [1.29, 1.82) is 0 Å². The van der Waals surface area contributed by atoms with Gasteiger partial charge in [-0.2, -0.15) is 0 Å². The summed E-state index contributed by atoms with van der Waals surface area (Å²) in [5.74, 6) is 0.939. The summed E-state index contributed by atoms with van der Waals surface area (Å²) in [5.41, 5.74) is 0. The van der Waals surface area contributed by atoms with Gasteiger partial charge in [0, 0.05) is 38.3 Å². The van der Waals surface area contributed by atoms with Crippen molar-refractivity contribution < 1.29 is 9.47 Å². The van der Waals surface area contributed by atoms with E-state index in [9.17, 15) is 0 Å². The van der Waals surface area contributed by atoms with Crippen LogP contribution in [0.4, 0.5) is 0 Å². The summed E-state index contributed by atoms with van der Waals surface area (Å²) >= 11 is 0. The zero-order chi connectivity index (χ0) is 18.7. The highest BCUT2D eigenvalue weighted by Gasteiger charge is 2.26. The van der Waals surface area contributed by atoms with Gasteiger partial charge in [-0.1, -0.05) is 19.3 Å². The second kappa shape index (κ2) is 11.9. The Labute approximate surface area is 165 Å². The SMILES string of the molecule is CCNC(=NCCOCC1CCCO1)NC1CCN(C2CCCCC2)CC1. The smallest absolute Gasteiger partial charge is 0.191 e. The maximum Gasteiger partial charge on any atom is 0.191 e. The number of aliphatic imine (C=N–C) groups is 1. The fourth-order valence-electron chi connectivity index (χ4n) is 4.58. The van der Waals surface area contributed by atoms with Gasteiger partial charge in [0.05, 0.1) is 25.9 Å². The fourth-order valence-corrected chi connectivity index (χ4v) is 4.58. The van der Waals surface area contributed by atoms with Gasteiger partial charge >= 0.3 is 0 Å². The number of hydrogen-bond acceptors (Lipinski definition) is 4. The van der Waals surface area contributed by atoms with Crippen LogP contribution in [-0.4, -0.2) is 75.0 Å². The number of guanidine groups is 1. The van der Waals surface area contributed by atoms with Crippen LogP contribution in [0.2, 0.25) is 0 Å². The topological polar surface area (TPSA) is 58.1 Å². The van der Waals surface area contributed by atoms with Crippen LogP contribution in [0.5, 0.6) is 0 Å². The van der Waals surface area contributed by atoms with Gasteiger partial charge in [0.25, 0.3) is 0 Å². The zero-order valence-corrected chi connectivity index (χ0v) is 17.3. The maximum atomic E-state index is 5.72. The van der Waals surface area contributed by atoms with Crippen molar-refractivity contribution in [2.45, 2.75) is 82.9 Å². The summed E-state index contributed by atoms with van der Waals surface area (Å²) in [4.78, 5) is 7.43. The van der Waals surface area contributed by atoms with E-state index in [1.165, 1.54) is 64.5 Å². The lowest BCUT2D eigenvalue weighted by atomic mass is 9.92. The lowest BCUT2D eigenvalue weighted by molar-refractivity contribution is 0.0200. The zero-order valence-electron chi connectivity index (χ0n) is 17.3. The Morgan fingerprint density at radius 3 is 2.59 bits per heavy atom. The number of nitrogens with zero attached hydrogens (tertiary/aromatic N) is 2. The molecule has 3 aliphatic rings. The van der Waals surface area contributed by atoms with Crippen molar-refractivity contribution in [2.75, 3.05) is 46.0 Å². The predicted molar refractivity (Wildman–Crippen MR) is 110 cm³/mol. The van der Waals surface area contributed by atoms with Crippen LogP contribution in [0.1, 0.15) is 64.7 Å². The Balaban J connectivity index is 1.33. The van der Waals surface area contributed by atoms with Gasteiger partial charge in [-0.25, -0.2) is 0 Å². The molecule has 6 heteroatoms. The minimum atomic E-state index is 0.301. The van der Waals surface area contributed by atoms with Crippen LogP contribution >= 0.6 is 0 Å². The summed E-state index contributed by atoms with van der Waals surface area (Å²) in [6, 6.07) is 1.39. The molecule has 1 saturated carbocycles. The van der Waals surface area contributed by atoms with Crippen LogP contribution in [0.15, 0.2) is 4.99 Å². The molecule has 1 unspecified atom stereocenters. The molecule has 3 rings (SSSR count). The van der Waals surface area contributed by atoms with Gasteiger partial charge in [-0.05, 0) is 45.4 Å². The van der Waals surface area contributed by atoms with E-state index in [2.05, 4.69) is 22.5 Å². The van der Waals surface area contributed by atoms with E-state index >= 15 is 0 Å². The van der Waals surface area contributed by atoms with Crippen LogP contribution in [0.25, 0.3) is 0 Å². The van der Waals surface area contributed by atoms with E-state index < -0.39 is 0 Å². The monoisotopic (exact) mass is 380 g/mol. The van der Waals surface area contributed by atoms with Crippen molar-refractivity contribution in [3.05, 3.63) is 0 Å². The average molecular weight is 381 g/mol. The normalized spacial score (nSPS) is 26.4. The Morgan fingerprint density at radius 2 is 1.89 bits per heavy atom. The van der Waals surface area contributed by atoms with Gasteiger partial charge < -0.3 is 25.0 Å². The molecule has 27 heavy (non-hydrogen) atoms. The van der Waals surface area contributed by atoms with Gasteiger partial charge in [-0.3, -0.25) is 4.99 Å². The first kappa shape index (κ1) is 20.9. The minimum absolute atomic E-state index is 0.301. The molecule has 0 radical (unpaired) electrons. The standard InChI is InChI=1S/C21H40N4O2/c1-2-22-21(23-12-16-26-17-20-9-6-15-27-20)24-18-10-13-25(14-11-18)19-7-4-3-5-8-19/h18-20H,2-17H2,1H3,(H2,22,23,24). The Hall–Kier alpha value is -0.850. The van der Waals surface area contributed by atoms with Crippen molar-refractivity contribution in [3.8, 4) is 0 Å². The summed E-state index contributed by atoms with van der Waals surface area (Å²) < 4.78 is 11.3. The molecule has 0 spiro atoms. The van der Waals surface area contributed by atoms with Gasteiger partial charge in [0.2, 0.25) is 0 Å². The number of hydrogen-bond donors (Lipinski definition) is 2. The molecule has 2 saturated heterocycles. The molecule has 0 aromatic heterocycles. The second-order valence-electron chi connectivity index (χ2n) is 8.22. The Morgan fingerprint density at radius 1 is 1.07 bits per heavy atom. The van der Waals surface area contributed by atoms with Crippen LogP contribution < -0.4 is 10.6 Å². The Kier molecular flexibility index (Phi) is 9.18. The van der Waals surface area contributed by atoms with E-state index in [0.717, 1.165) is 31.6 Å². The highest BCUT2D eigenvalue weighted by atomic mass is 16.5. The van der Waals surface area contributed by atoms with E-state index in [-0.39, 0.29) is 0 Å². The Bertz CT molecular complexity index is 426. The van der Waals surface area contributed by atoms with Gasteiger partial charge in [0.15, 0.2) is 5.96 Å². The molecule has 0 aromatic rings. The molecule has 2 heterocycles. The molecular weight excluding hydrogens is 340 g/mol. The first-order valence-electron chi connectivity index (χ1n) is 11.3. The summed E-state index contributed by atoms with van der Waals surface area (Å²) in [5, 5.41) is 7.03. The van der Waals surface area contributed by atoms with E-state index in [4.69, 9.17) is 14.5 Å². The van der Waals surface area contributed by atoms with Crippen molar-refractivity contribution in [2.24, 2.45) is 4.99 Å². The molecule has 1 aliphatic carbocycles. The molecule has 3 fully saturated rings. The highest BCUT2D eigenvalue weighted by Crippen LogP contribution is 2.25. The highest BCUT2D eigenvalue weighted by molar-refractivity contribution is 5.80. The first-order chi connectivity index (χ1) is 13.3. The van der Waals surface area contributed by atoms with Crippen LogP contribution in [0.3, 0.4) is 0 Å². The van der Waals surface area contributed by atoms with Crippen LogP contribution in [-0.2, 0) is 9.47 Å². The third-order valence-corrected chi connectivity index (χ3v) is 6.14. The molecule has 2 N–H and O–H groups in total. The average Bonchev–Trinajstić information content (AvgIpc) is 3.23. The minimum Gasteiger partial charge on any atom is -0.377 e. The lowest BCUT2D eigenvalue weighted by Crippen LogP contribution is -2.51. The van der Waals surface area contributed by atoms with E-state index in [1.54, 1.807) is 0 Å². The third kappa shape index (κ3) is 7.24. The second-order valence-corrected chi connectivity index (χ2v) is 8.22. The molecule has 2 aliphatic heterocycles. The van der Waals surface area contributed by atoms with Gasteiger partial charge in [0.1, 0.15) is 0 Å². The number of likely N-dealkylation sites (tertiary alicyclic amines) is 1. The first-order valence-corrected chi connectivity index (χ1v) is 11.3. The van der Waals surface area contributed by atoms with Crippen molar-refractivity contribution in [3.63, 3.8) is 0 Å². The lowest BCUT2D eigenvalue weighted by Gasteiger charge is -2.39. The molecule has 1 atom stereocenters. The summed E-state index contributed by atoms with van der Waals surface area (Å²) in [6.45, 7) is 8.43. The van der Waals surface area contributed by atoms with E-state index in [0.29, 0.717) is 31.9 Å². The summed E-state index contributed by atoms with van der Waals surface area (Å²) in [7, 11) is 0. The van der Waals surface area contributed by atoms with Crippen molar-refractivity contribution >= 4 is 5.96 Å². The number of ether oxygens (including phenoxy) is 2. The fraction of sp³-hybridized carbons (Fsp3) is 0.952. The van der Waals surface area contributed by atoms with Crippen LogP contribution in [0, 0.1) is 0 Å². The predicted octanol–water partition coefficient (Wildman–Crippen LogP) is 2.53. The number of piperidine rings is 1. The number of rotatable bonds is 8. The molecule has 0 bridgehead atoms. The molecular formula is C21H40N4O2. The molecule has 0 aromatic carbocycles. The maximum absolute atomic E-state index is 5.72. The third-order valence-electron chi connectivity index (χ3n) is 6.14. The van der Waals surface area contributed by atoms with Crippen molar-refractivity contribution in [1.82, 2.24) is 15.5 Å². The van der Waals surface area contributed by atoms with Gasteiger partial charge in [-0.15, -0.1) is 0 Å². The number of nitrogens with one attached hydrogen (secondary N) is 2. The van der Waals surface area contributed by atoms with E-state index in [1.807, 2.05) is 0 Å². The summed E-state index contributed by atoms with van der Waals surface area (Å²) in [6.07, 6.45) is 12.1.